The van der Waals surface area contributed by atoms with Gasteiger partial charge in [-0.1, -0.05) is 13.0 Å². The van der Waals surface area contributed by atoms with Crippen molar-refractivity contribution in [1.82, 2.24) is 0 Å². The minimum absolute atomic E-state index is 0.0474. The molecule has 1 aliphatic heterocycles. The van der Waals surface area contributed by atoms with E-state index in [9.17, 15) is 4.79 Å². The minimum Gasteiger partial charge on any atom is -0.493 e. The van der Waals surface area contributed by atoms with Gasteiger partial charge in [-0.05, 0) is 31.0 Å². The summed E-state index contributed by atoms with van der Waals surface area (Å²) in [7, 11) is 0. The normalized spacial score (nSPS) is 31.2. The third-order valence-electron chi connectivity index (χ3n) is 4.09. The number of hydrogen-bond donors (Lipinski definition) is 0. The maximum atomic E-state index is 11.8. The Morgan fingerprint density at radius 3 is 2.69 bits per heavy atom. The van der Waals surface area contributed by atoms with E-state index in [0.29, 0.717) is 18.8 Å². The van der Waals surface area contributed by atoms with Gasteiger partial charge in [0, 0.05) is 17.4 Å². The summed E-state index contributed by atoms with van der Waals surface area (Å²) in [5.74, 6) is 1.37. The van der Waals surface area contributed by atoms with Gasteiger partial charge in [0.2, 0.25) is 0 Å². The third kappa shape index (κ3) is 1.10. The summed E-state index contributed by atoms with van der Waals surface area (Å²) in [5.41, 5.74) is 3.62. The van der Waals surface area contributed by atoms with E-state index in [1.165, 1.54) is 11.1 Å². The third-order valence-corrected chi connectivity index (χ3v) is 4.09. The number of carbonyl (C=O) groups excluding carboxylic acids is 1. The Bertz CT molecular complexity index is 490. The van der Waals surface area contributed by atoms with Gasteiger partial charge in [-0.15, -0.1) is 0 Å². The van der Waals surface area contributed by atoms with Gasteiger partial charge in [-0.2, -0.15) is 0 Å². The van der Waals surface area contributed by atoms with Crippen molar-refractivity contribution in [2.24, 2.45) is 5.41 Å². The predicted molar refractivity (Wildman–Crippen MR) is 61.9 cm³/mol. The second-order valence-electron chi connectivity index (χ2n) is 5.49. The fourth-order valence-electron chi connectivity index (χ4n) is 2.95. The van der Waals surface area contributed by atoms with Gasteiger partial charge in [0.25, 0.3) is 0 Å². The van der Waals surface area contributed by atoms with Crippen LogP contribution in [0.15, 0.2) is 12.1 Å². The highest BCUT2D eigenvalue weighted by molar-refractivity contribution is 5.94. The SMILES string of the molecule is Cc1cc2c(cc1C)[C@H]1C(=O)C[C@@]1(C)CO2. The second kappa shape index (κ2) is 2.88. The number of hydrogen-bond acceptors (Lipinski definition) is 2. The zero-order valence-electron chi connectivity index (χ0n) is 9.96. The van der Waals surface area contributed by atoms with Crippen LogP contribution in [0.2, 0.25) is 0 Å². The average molecular weight is 216 g/mol. The zero-order valence-corrected chi connectivity index (χ0v) is 9.96. The van der Waals surface area contributed by atoms with E-state index in [0.717, 1.165) is 11.3 Å². The first kappa shape index (κ1) is 9.88. The predicted octanol–water partition coefficient (Wildman–Crippen LogP) is 2.76. The van der Waals surface area contributed by atoms with Gasteiger partial charge in [-0.25, -0.2) is 0 Å². The Morgan fingerprint density at radius 1 is 1.31 bits per heavy atom. The summed E-state index contributed by atoms with van der Waals surface area (Å²) in [6.45, 7) is 7.00. The smallest absolute Gasteiger partial charge is 0.141 e. The molecule has 0 unspecified atom stereocenters. The second-order valence-corrected chi connectivity index (χ2v) is 5.49. The molecule has 1 heterocycles. The molecule has 2 nitrogen and oxygen atoms in total. The van der Waals surface area contributed by atoms with Gasteiger partial charge >= 0.3 is 0 Å². The zero-order chi connectivity index (χ0) is 11.5. The fraction of sp³-hybridized carbons (Fsp3) is 0.500. The van der Waals surface area contributed by atoms with E-state index in [1.54, 1.807) is 0 Å². The van der Waals surface area contributed by atoms with Crippen LogP contribution in [-0.2, 0) is 4.79 Å². The number of aryl methyl sites for hydroxylation is 2. The topological polar surface area (TPSA) is 26.3 Å². The van der Waals surface area contributed by atoms with E-state index >= 15 is 0 Å². The van der Waals surface area contributed by atoms with Crippen LogP contribution in [0.4, 0.5) is 0 Å². The molecule has 2 aliphatic rings. The van der Waals surface area contributed by atoms with Crippen molar-refractivity contribution in [3.05, 3.63) is 28.8 Å². The molecule has 16 heavy (non-hydrogen) atoms. The monoisotopic (exact) mass is 216 g/mol. The Kier molecular flexibility index (Phi) is 1.78. The number of carbonyl (C=O) groups is 1. The van der Waals surface area contributed by atoms with Gasteiger partial charge in [0.05, 0.1) is 12.5 Å². The maximum Gasteiger partial charge on any atom is 0.141 e. The van der Waals surface area contributed by atoms with Crippen molar-refractivity contribution in [3.8, 4) is 5.75 Å². The molecule has 0 N–H and O–H groups in total. The van der Waals surface area contributed by atoms with Crippen LogP contribution in [0.1, 0.15) is 36.0 Å². The molecule has 84 valence electrons. The number of ether oxygens (including phenoxy) is 1. The van der Waals surface area contributed by atoms with Crippen molar-refractivity contribution in [3.63, 3.8) is 0 Å². The van der Waals surface area contributed by atoms with E-state index in [-0.39, 0.29) is 11.3 Å². The molecule has 0 radical (unpaired) electrons. The highest BCUT2D eigenvalue weighted by Crippen LogP contribution is 2.55. The molecule has 0 spiro atoms. The van der Waals surface area contributed by atoms with Crippen LogP contribution in [0, 0.1) is 19.3 Å². The van der Waals surface area contributed by atoms with E-state index in [1.807, 2.05) is 0 Å². The molecular formula is C14H16O2. The molecule has 2 heteroatoms. The Balaban J connectivity index is 2.15. The van der Waals surface area contributed by atoms with Gasteiger partial charge in [-0.3, -0.25) is 4.79 Å². The first-order chi connectivity index (χ1) is 7.51. The van der Waals surface area contributed by atoms with E-state index in [2.05, 4.69) is 32.9 Å². The lowest BCUT2D eigenvalue weighted by Crippen LogP contribution is -2.50. The van der Waals surface area contributed by atoms with Crippen molar-refractivity contribution in [2.45, 2.75) is 33.1 Å². The van der Waals surface area contributed by atoms with Crippen molar-refractivity contribution in [2.75, 3.05) is 6.61 Å². The first-order valence-corrected chi connectivity index (χ1v) is 5.78. The molecule has 1 aromatic carbocycles. The average Bonchev–Trinajstić information content (AvgIpc) is 2.19. The molecule has 1 fully saturated rings. The summed E-state index contributed by atoms with van der Waals surface area (Å²) < 4.78 is 5.79. The number of benzene rings is 1. The van der Waals surface area contributed by atoms with Crippen LogP contribution in [0.25, 0.3) is 0 Å². The minimum atomic E-state index is 0.0474. The molecule has 0 bridgehead atoms. The lowest BCUT2D eigenvalue weighted by molar-refractivity contribution is -0.139. The van der Waals surface area contributed by atoms with Gasteiger partial charge < -0.3 is 4.74 Å². The highest BCUT2D eigenvalue weighted by Gasteiger charge is 2.54. The fourth-order valence-corrected chi connectivity index (χ4v) is 2.95. The first-order valence-electron chi connectivity index (χ1n) is 5.78. The Labute approximate surface area is 95.6 Å². The standard InChI is InChI=1S/C14H16O2/c1-8-4-10-12(5-9(8)2)16-7-14(3)6-11(15)13(10)14/h4-5,13H,6-7H2,1-3H3/t13-,14-/m0/s1. The van der Waals surface area contributed by atoms with Crippen LogP contribution in [-0.4, -0.2) is 12.4 Å². The quantitative estimate of drug-likeness (QED) is 0.666. The van der Waals surface area contributed by atoms with Crippen LogP contribution in [0.3, 0.4) is 0 Å². The summed E-state index contributed by atoms with van der Waals surface area (Å²) >= 11 is 0. The summed E-state index contributed by atoms with van der Waals surface area (Å²) in [6, 6.07) is 4.19. The van der Waals surface area contributed by atoms with Gasteiger partial charge in [0.1, 0.15) is 11.5 Å². The molecule has 0 saturated heterocycles. The van der Waals surface area contributed by atoms with E-state index in [4.69, 9.17) is 4.74 Å². The number of rotatable bonds is 0. The highest BCUT2D eigenvalue weighted by atomic mass is 16.5. The van der Waals surface area contributed by atoms with Crippen LogP contribution in [0.5, 0.6) is 5.75 Å². The molecule has 1 aliphatic carbocycles. The number of Topliss-reactive ketones (excluding diaryl/α,β-unsaturated/α-hetero) is 1. The van der Waals surface area contributed by atoms with Crippen molar-refractivity contribution < 1.29 is 9.53 Å². The van der Waals surface area contributed by atoms with Crippen molar-refractivity contribution >= 4 is 5.78 Å². The van der Waals surface area contributed by atoms with Gasteiger partial charge in [0.15, 0.2) is 0 Å². The molecular weight excluding hydrogens is 200 g/mol. The van der Waals surface area contributed by atoms with Crippen LogP contribution < -0.4 is 4.74 Å². The number of ketones is 1. The Morgan fingerprint density at radius 2 is 2.00 bits per heavy atom. The largest absolute Gasteiger partial charge is 0.493 e. The van der Waals surface area contributed by atoms with Crippen molar-refractivity contribution in [1.29, 1.82) is 0 Å². The van der Waals surface area contributed by atoms with Crippen LogP contribution >= 0.6 is 0 Å². The lowest BCUT2D eigenvalue weighted by atomic mass is 9.57. The summed E-state index contributed by atoms with van der Waals surface area (Å²) in [6.07, 6.45) is 0.671. The summed E-state index contributed by atoms with van der Waals surface area (Å²) in [5, 5.41) is 0. The molecule has 1 saturated carbocycles. The molecule has 2 atom stereocenters. The van der Waals surface area contributed by atoms with E-state index < -0.39 is 0 Å². The number of fused-ring (bicyclic) bond motifs is 3. The molecule has 0 amide bonds. The summed E-state index contributed by atoms with van der Waals surface area (Å²) in [4.78, 5) is 11.8. The molecule has 0 aromatic heterocycles. The molecule has 1 aromatic rings. The lowest BCUT2D eigenvalue weighted by Gasteiger charge is -2.49. The molecule has 3 rings (SSSR count). The maximum absolute atomic E-state index is 11.8. The Hall–Kier alpha value is -1.31.